The molecule has 1 heterocycles. The lowest BCUT2D eigenvalue weighted by Gasteiger charge is -2.17. The number of carbonyl (C=O) groups is 1. The van der Waals surface area contributed by atoms with E-state index in [2.05, 4.69) is 5.32 Å². The van der Waals surface area contributed by atoms with Crippen LogP contribution < -0.4 is 5.32 Å². The molecule has 0 unspecified atom stereocenters. The molecule has 6 nitrogen and oxygen atoms in total. The van der Waals surface area contributed by atoms with Gasteiger partial charge in [0, 0.05) is 6.42 Å². The standard InChI is InChI=1S/C8H11NO5/c1-2-5(11)9-8-7(13)6(12)4(10)3-14-8/h10,12-13H,2-3H2,1H3,(H,9,11). The van der Waals surface area contributed by atoms with Crippen LogP contribution in [0.15, 0.2) is 23.2 Å². The molecule has 0 saturated carbocycles. The minimum atomic E-state index is -0.678. The molecule has 0 radical (unpaired) electrons. The molecule has 78 valence electrons. The molecule has 0 aromatic carbocycles. The van der Waals surface area contributed by atoms with E-state index in [1.54, 1.807) is 6.92 Å². The summed E-state index contributed by atoms with van der Waals surface area (Å²) < 4.78 is 4.78. The maximum absolute atomic E-state index is 10.9. The van der Waals surface area contributed by atoms with E-state index in [-0.39, 0.29) is 24.8 Å². The van der Waals surface area contributed by atoms with Crippen LogP contribution in [0.1, 0.15) is 13.3 Å². The van der Waals surface area contributed by atoms with Gasteiger partial charge < -0.3 is 20.1 Å². The van der Waals surface area contributed by atoms with E-state index in [9.17, 15) is 9.90 Å². The van der Waals surface area contributed by atoms with Crippen molar-refractivity contribution in [3.63, 3.8) is 0 Å². The monoisotopic (exact) mass is 201 g/mol. The second kappa shape index (κ2) is 3.91. The van der Waals surface area contributed by atoms with Gasteiger partial charge in [-0.2, -0.15) is 0 Å². The second-order valence-corrected chi connectivity index (χ2v) is 2.66. The minimum absolute atomic E-state index is 0.219. The summed E-state index contributed by atoms with van der Waals surface area (Å²) >= 11 is 0. The van der Waals surface area contributed by atoms with Crippen molar-refractivity contribution >= 4 is 5.91 Å². The summed E-state index contributed by atoms with van der Waals surface area (Å²) in [4.78, 5) is 10.9. The van der Waals surface area contributed by atoms with Gasteiger partial charge in [-0.05, 0) is 0 Å². The van der Waals surface area contributed by atoms with Crippen LogP contribution in [0.4, 0.5) is 0 Å². The van der Waals surface area contributed by atoms with Crippen molar-refractivity contribution in [2.24, 2.45) is 0 Å². The number of aliphatic hydroxyl groups excluding tert-OH is 3. The normalized spacial score (nSPS) is 16.6. The quantitative estimate of drug-likeness (QED) is 0.524. The molecule has 0 aromatic rings. The molecule has 0 aliphatic carbocycles. The Morgan fingerprint density at radius 3 is 2.64 bits per heavy atom. The van der Waals surface area contributed by atoms with E-state index in [0.29, 0.717) is 0 Å². The number of nitrogens with one attached hydrogen (secondary N) is 1. The Bertz CT molecular complexity index is 318. The lowest BCUT2D eigenvalue weighted by atomic mass is 10.3. The van der Waals surface area contributed by atoms with Crippen LogP contribution in [0.3, 0.4) is 0 Å². The van der Waals surface area contributed by atoms with Gasteiger partial charge in [-0.3, -0.25) is 10.1 Å². The molecule has 1 amide bonds. The highest BCUT2D eigenvalue weighted by atomic mass is 16.5. The molecule has 0 fully saturated rings. The SMILES string of the molecule is CCC(=O)NC1=C(O)C(O)=C(O)CO1. The first-order valence-corrected chi connectivity index (χ1v) is 4.03. The molecule has 0 aromatic heterocycles. The zero-order chi connectivity index (χ0) is 10.7. The fourth-order valence-corrected chi connectivity index (χ4v) is 0.832. The molecule has 1 aliphatic rings. The summed E-state index contributed by atoms with van der Waals surface area (Å²) in [5.41, 5.74) is 0. The summed E-state index contributed by atoms with van der Waals surface area (Å²) in [6, 6.07) is 0. The highest BCUT2D eigenvalue weighted by molar-refractivity contribution is 5.77. The third-order valence-corrected chi connectivity index (χ3v) is 1.64. The van der Waals surface area contributed by atoms with E-state index >= 15 is 0 Å². The zero-order valence-electron chi connectivity index (χ0n) is 7.57. The number of rotatable bonds is 2. The van der Waals surface area contributed by atoms with Gasteiger partial charge in [0.15, 0.2) is 12.4 Å². The van der Waals surface area contributed by atoms with Crippen molar-refractivity contribution < 1.29 is 24.9 Å². The Morgan fingerprint density at radius 1 is 1.43 bits per heavy atom. The number of aliphatic hydroxyl groups is 3. The average molecular weight is 201 g/mol. The molecular formula is C8H11NO5. The molecule has 0 bridgehead atoms. The van der Waals surface area contributed by atoms with Crippen LogP contribution in [-0.4, -0.2) is 27.8 Å². The van der Waals surface area contributed by atoms with Gasteiger partial charge in [0.1, 0.15) is 0 Å². The number of ether oxygens (including phenoxy) is 1. The van der Waals surface area contributed by atoms with Crippen LogP contribution in [-0.2, 0) is 9.53 Å². The Labute approximate surface area is 80.1 Å². The van der Waals surface area contributed by atoms with Crippen LogP contribution in [0.25, 0.3) is 0 Å². The van der Waals surface area contributed by atoms with E-state index in [1.807, 2.05) is 0 Å². The predicted octanol–water partition coefficient (Wildman–Crippen LogP) is 0.597. The zero-order valence-corrected chi connectivity index (χ0v) is 7.57. The van der Waals surface area contributed by atoms with Gasteiger partial charge in [0.05, 0.1) is 0 Å². The minimum Gasteiger partial charge on any atom is -0.505 e. The summed E-state index contributed by atoms with van der Waals surface area (Å²) in [5, 5.41) is 29.5. The lowest BCUT2D eigenvalue weighted by molar-refractivity contribution is -0.121. The molecule has 6 heteroatoms. The Hall–Kier alpha value is -1.85. The molecule has 14 heavy (non-hydrogen) atoms. The van der Waals surface area contributed by atoms with Gasteiger partial charge in [-0.25, -0.2) is 0 Å². The highest BCUT2D eigenvalue weighted by Crippen LogP contribution is 2.18. The van der Waals surface area contributed by atoms with Gasteiger partial charge in [0.25, 0.3) is 0 Å². The molecule has 0 saturated heterocycles. The first-order valence-electron chi connectivity index (χ1n) is 4.03. The predicted molar refractivity (Wildman–Crippen MR) is 46.3 cm³/mol. The van der Waals surface area contributed by atoms with E-state index in [1.165, 1.54) is 0 Å². The van der Waals surface area contributed by atoms with Crippen molar-refractivity contribution in [3.05, 3.63) is 23.2 Å². The van der Waals surface area contributed by atoms with Crippen molar-refractivity contribution in [1.29, 1.82) is 0 Å². The smallest absolute Gasteiger partial charge is 0.241 e. The first kappa shape index (κ1) is 10.2. The third-order valence-electron chi connectivity index (χ3n) is 1.64. The van der Waals surface area contributed by atoms with Crippen molar-refractivity contribution in [2.75, 3.05) is 6.61 Å². The first-order chi connectivity index (χ1) is 6.56. The van der Waals surface area contributed by atoms with Crippen molar-refractivity contribution in [1.82, 2.24) is 5.32 Å². The van der Waals surface area contributed by atoms with Crippen LogP contribution >= 0.6 is 0 Å². The topological polar surface area (TPSA) is 99.0 Å². The van der Waals surface area contributed by atoms with E-state index in [0.717, 1.165) is 0 Å². The average Bonchev–Trinajstić information content (AvgIpc) is 2.19. The molecule has 0 spiro atoms. The van der Waals surface area contributed by atoms with Crippen LogP contribution in [0.5, 0.6) is 0 Å². The van der Waals surface area contributed by atoms with Gasteiger partial charge in [-0.1, -0.05) is 6.92 Å². The van der Waals surface area contributed by atoms with E-state index in [4.69, 9.17) is 14.9 Å². The second-order valence-electron chi connectivity index (χ2n) is 2.66. The van der Waals surface area contributed by atoms with Crippen molar-refractivity contribution in [2.45, 2.75) is 13.3 Å². The fraction of sp³-hybridized carbons (Fsp3) is 0.375. The van der Waals surface area contributed by atoms with E-state index < -0.39 is 17.3 Å². The largest absolute Gasteiger partial charge is 0.505 e. The molecule has 0 atom stereocenters. The Balaban J connectivity index is 2.84. The fourth-order valence-electron chi connectivity index (χ4n) is 0.832. The van der Waals surface area contributed by atoms with Crippen LogP contribution in [0, 0.1) is 0 Å². The lowest BCUT2D eigenvalue weighted by Crippen LogP contribution is -2.28. The van der Waals surface area contributed by atoms with Crippen LogP contribution in [0.2, 0.25) is 0 Å². The molecule has 1 rings (SSSR count). The summed E-state index contributed by atoms with van der Waals surface area (Å²) in [5.74, 6) is -2.43. The van der Waals surface area contributed by atoms with Gasteiger partial charge >= 0.3 is 0 Å². The maximum atomic E-state index is 10.9. The summed E-state index contributed by atoms with van der Waals surface area (Å²) in [6.45, 7) is 1.35. The number of amides is 1. The molecular weight excluding hydrogens is 190 g/mol. The molecule has 1 aliphatic heterocycles. The van der Waals surface area contributed by atoms with Crippen molar-refractivity contribution in [3.8, 4) is 0 Å². The summed E-state index contributed by atoms with van der Waals surface area (Å²) in [7, 11) is 0. The van der Waals surface area contributed by atoms with Gasteiger partial charge in [0.2, 0.25) is 23.3 Å². The number of hydrogen-bond donors (Lipinski definition) is 4. The number of hydrogen-bond acceptors (Lipinski definition) is 5. The third kappa shape index (κ3) is 1.90. The number of carbonyl (C=O) groups excluding carboxylic acids is 1. The summed E-state index contributed by atoms with van der Waals surface area (Å²) in [6.07, 6.45) is 0.219. The Kier molecular flexibility index (Phi) is 2.85. The maximum Gasteiger partial charge on any atom is 0.241 e. The Morgan fingerprint density at radius 2 is 2.07 bits per heavy atom. The molecule has 4 N–H and O–H groups in total. The van der Waals surface area contributed by atoms with Gasteiger partial charge in [-0.15, -0.1) is 0 Å². The highest BCUT2D eigenvalue weighted by Gasteiger charge is 2.23.